The van der Waals surface area contributed by atoms with Crippen LogP contribution in [0.4, 0.5) is 0 Å². The molecule has 1 N–H and O–H groups in total. The summed E-state index contributed by atoms with van der Waals surface area (Å²) < 4.78 is 2.86. The summed E-state index contributed by atoms with van der Waals surface area (Å²) in [7, 11) is 0. The number of pyridine rings is 1. The van der Waals surface area contributed by atoms with Gasteiger partial charge in [-0.3, -0.25) is 9.38 Å². The molecule has 0 spiro atoms. The van der Waals surface area contributed by atoms with Crippen molar-refractivity contribution in [1.82, 2.24) is 14.4 Å². The molecule has 0 aromatic carbocycles. The van der Waals surface area contributed by atoms with Crippen molar-refractivity contribution < 1.29 is 5.11 Å². The van der Waals surface area contributed by atoms with Crippen molar-refractivity contribution in [2.24, 2.45) is 0 Å². The molecule has 0 aliphatic rings. The molecule has 0 saturated heterocycles. The van der Waals surface area contributed by atoms with Crippen LogP contribution in [0.5, 0.6) is 0 Å². The van der Waals surface area contributed by atoms with E-state index in [0.717, 1.165) is 15.1 Å². The van der Waals surface area contributed by atoms with Crippen LogP contribution in [0, 0.1) is 0 Å². The Hall–Kier alpha value is -1.24. The van der Waals surface area contributed by atoms with Crippen molar-refractivity contribution in [3.8, 4) is 0 Å². The quantitative estimate of drug-likeness (QED) is 0.806. The lowest BCUT2D eigenvalue weighted by molar-refractivity contribution is 0.172. The molecule has 4 nitrogen and oxygen atoms in total. The Kier molecular flexibility index (Phi) is 3.15. The summed E-state index contributed by atoms with van der Waals surface area (Å²) in [6.07, 6.45) is 5.44. The smallest absolute Gasteiger partial charge is 0.193 e. The Bertz CT molecular complexity index is 633. The zero-order chi connectivity index (χ0) is 12.5. The molecule has 0 radical (unpaired) electrons. The maximum Gasteiger partial charge on any atom is 0.193 e. The van der Waals surface area contributed by atoms with Gasteiger partial charge in [-0.15, -0.1) is 11.3 Å². The fourth-order valence-electron chi connectivity index (χ4n) is 1.76. The van der Waals surface area contributed by atoms with Gasteiger partial charge >= 0.3 is 0 Å². The minimum Gasteiger partial charge on any atom is -0.386 e. The van der Waals surface area contributed by atoms with E-state index in [1.807, 2.05) is 34.3 Å². The predicted molar refractivity (Wildman–Crippen MR) is 73.7 cm³/mol. The topological polar surface area (TPSA) is 50.4 Å². The standard InChI is InChI=1S/C12H10BrN3OS/c13-8-1-2-10(14-6-8)11(17)5-9-7-16-3-4-18-12(16)15-9/h1-4,6-7,11,17H,5H2. The molecule has 3 aromatic heterocycles. The summed E-state index contributed by atoms with van der Waals surface area (Å²) in [6.45, 7) is 0. The Labute approximate surface area is 116 Å². The number of hydrogen-bond acceptors (Lipinski definition) is 4. The Balaban J connectivity index is 1.79. The summed E-state index contributed by atoms with van der Waals surface area (Å²) in [5, 5.41) is 12.1. The molecule has 0 aliphatic heterocycles. The number of aliphatic hydroxyl groups excluding tert-OH is 1. The van der Waals surface area contributed by atoms with Crippen LogP contribution >= 0.6 is 27.3 Å². The summed E-state index contributed by atoms with van der Waals surface area (Å²) in [5.74, 6) is 0. The van der Waals surface area contributed by atoms with E-state index in [4.69, 9.17) is 0 Å². The molecular formula is C12H10BrN3OS. The monoisotopic (exact) mass is 323 g/mol. The fourth-order valence-corrected chi connectivity index (χ4v) is 2.71. The zero-order valence-corrected chi connectivity index (χ0v) is 11.7. The number of halogens is 1. The van der Waals surface area contributed by atoms with Gasteiger partial charge in [-0.25, -0.2) is 4.98 Å². The molecule has 3 rings (SSSR count). The number of thiazole rings is 1. The summed E-state index contributed by atoms with van der Waals surface area (Å²) in [4.78, 5) is 9.57. The number of imidazole rings is 1. The lowest BCUT2D eigenvalue weighted by Gasteiger charge is -2.07. The van der Waals surface area contributed by atoms with E-state index in [-0.39, 0.29) is 0 Å². The van der Waals surface area contributed by atoms with Crippen LogP contribution < -0.4 is 0 Å². The normalized spacial score (nSPS) is 13.0. The van der Waals surface area contributed by atoms with Gasteiger partial charge in [-0.2, -0.15) is 0 Å². The highest BCUT2D eigenvalue weighted by Gasteiger charge is 2.12. The second-order valence-electron chi connectivity index (χ2n) is 3.95. The maximum absolute atomic E-state index is 10.1. The van der Waals surface area contributed by atoms with Crippen molar-refractivity contribution in [3.63, 3.8) is 0 Å². The molecular weight excluding hydrogens is 314 g/mol. The van der Waals surface area contributed by atoms with E-state index >= 15 is 0 Å². The van der Waals surface area contributed by atoms with E-state index in [1.165, 1.54) is 0 Å². The molecule has 18 heavy (non-hydrogen) atoms. The summed E-state index contributed by atoms with van der Waals surface area (Å²) in [6, 6.07) is 3.68. The van der Waals surface area contributed by atoms with Crippen LogP contribution in [0.3, 0.4) is 0 Å². The van der Waals surface area contributed by atoms with Crippen molar-refractivity contribution in [2.75, 3.05) is 0 Å². The molecule has 3 heterocycles. The summed E-state index contributed by atoms with van der Waals surface area (Å²) in [5.41, 5.74) is 1.54. The third-order valence-corrected chi connectivity index (χ3v) is 3.88. The average molecular weight is 324 g/mol. The van der Waals surface area contributed by atoms with Gasteiger partial charge in [0.1, 0.15) is 6.10 Å². The Morgan fingerprint density at radius 3 is 3.06 bits per heavy atom. The highest BCUT2D eigenvalue weighted by atomic mass is 79.9. The van der Waals surface area contributed by atoms with Crippen molar-refractivity contribution in [2.45, 2.75) is 12.5 Å². The molecule has 0 aliphatic carbocycles. The maximum atomic E-state index is 10.1. The number of nitrogens with zero attached hydrogens (tertiary/aromatic N) is 3. The highest BCUT2D eigenvalue weighted by molar-refractivity contribution is 9.10. The molecule has 92 valence electrons. The molecule has 0 fully saturated rings. The fraction of sp³-hybridized carbons (Fsp3) is 0.167. The number of rotatable bonds is 3. The minimum atomic E-state index is -0.622. The van der Waals surface area contributed by atoms with Gasteiger partial charge in [0.05, 0.1) is 11.4 Å². The number of fused-ring (bicyclic) bond motifs is 1. The van der Waals surface area contributed by atoms with Gasteiger partial charge in [0.2, 0.25) is 0 Å². The van der Waals surface area contributed by atoms with Crippen LogP contribution in [0.1, 0.15) is 17.5 Å². The molecule has 0 saturated carbocycles. The largest absolute Gasteiger partial charge is 0.386 e. The minimum absolute atomic E-state index is 0.475. The average Bonchev–Trinajstić information content (AvgIpc) is 2.90. The molecule has 3 aromatic rings. The molecule has 1 atom stereocenters. The first-order chi connectivity index (χ1) is 8.72. The van der Waals surface area contributed by atoms with Crippen LogP contribution in [-0.4, -0.2) is 19.5 Å². The molecule has 1 unspecified atom stereocenters. The molecule has 0 amide bonds. The lowest BCUT2D eigenvalue weighted by Crippen LogP contribution is -2.04. The van der Waals surface area contributed by atoms with Gasteiger partial charge in [-0.1, -0.05) is 0 Å². The lowest BCUT2D eigenvalue weighted by atomic mass is 10.1. The third-order valence-electron chi connectivity index (χ3n) is 2.64. The van der Waals surface area contributed by atoms with Gasteiger partial charge in [-0.05, 0) is 28.1 Å². The Morgan fingerprint density at radius 1 is 1.44 bits per heavy atom. The van der Waals surface area contributed by atoms with E-state index in [9.17, 15) is 5.11 Å². The first-order valence-electron chi connectivity index (χ1n) is 5.43. The first kappa shape index (κ1) is 11.8. The van der Waals surface area contributed by atoms with Gasteiger partial charge in [0, 0.05) is 34.9 Å². The first-order valence-corrected chi connectivity index (χ1v) is 7.10. The van der Waals surface area contributed by atoms with Crippen LogP contribution in [0.2, 0.25) is 0 Å². The van der Waals surface area contributed by atoms with Gasteiger partial charge < -0.3 is 5.11 Å². The second-order valence-corrected chi connectivity index (χ2v) is 5.73. The van der Waals surface area contributed by atoms with Crippen molar-refractivity contribution in [3.05, 3.63) is 52.0 Å². The molecule has 0 bridgehead atoms. The highest BCUT2D eigenvalue weighted by Crippen LogP contribution is 2.19. The van der Waals surface area contributed by atoms with E-state index in [2.05, 4.69) is 25.9 Å². The predicted octanol–water partition coefficient (Wildman–Crippen LogP) is 2.83. The van der Waals surface area contributed by atoms with Crippen molar-refractivity contribution in [1.29, 1.82) is 0 Å². The third kappa shape index (κ3) is 2.31. The molecule has 6 heteroatoms. The van der Waals surface area contributed by atoms with E-state index < -0.39 is 6.10 Å². The van der Waals surface area contributed by atoms with Crippen LogP contribution in [-0.2, 0) is 6.42 Å². The number of hydrogen-bond donors (Lipinski definition) is 1. The van der Waals surface area contributed by atoms with Gasteiger partial charge in [0.15, 0.2) is 4.96 Å². The zero-order valence-electron chi connectivity index (χ0n) is 9.32. The van der Waals surface area contributed by atoms with Crippen LogP contribution in [0.15, 0.2) is 40.6 Å². The number of aliphatic hydroxyl groups is 1. The van der Waals surface area contributed by atoms with Crippen molar-refractivity contribution >= 4 is 32.2 Å². The Morgan fingerprint density at radius 2 is 2.33 bits per heavy atom. The van der Waals surface area contributed by atoms with E-state index in [1.54, 1.807) is 17.5 Å². The van der Waals surface area contributed by atoms with Gasteiger partial charge in [0.25, 0.3) is 0 Å². The summed E-state index contributed by atoms with van der Waals surface area (Å²) >= 11 is 4.90. The van der Waals surface area contributed by atoms with E-state index in [0.29, 0.717) is 12.1 Å². The van der Waals surface area contributed by atoms with Crippen LogP contribution in [0.25, 0.3) is 4.96 Å². The second kappa shape index (κ2) is 4.79. The number of aromatic nitrogens is 3. The SMILES string of the molecule is OC(Cc1cn2ccsc2n1)c1ccc(Br)cn1.